The van der Waals surface area contributed by atoms with Gasteiger partial charge in [-0.15, -0.1) is 0 Å². The topological polar surface area (TPSA) is 71.8 Å². The number of amides is 1. The van der Waals surface area contributed by atoms with Crippen molar-refractivity contribution in [2.24, 2.45) is 5.92 Å². The van der Waals surface area contributed by atoms with Gasteiger partial charge in [-0.1, -0.05) is 30.3 Å². The molecule has 30 heavy (non-hydrogen) atoms. The molecule has 6 nitrogen and oxygen atoms in total. The van der Waals surface area contributed by atoms with Crippen molar-refractivity contribution in [3.8, 4) is 11.1 Å². The molecular formula is C21H20F2IN5O. The lowest BCUT2D eigenvalue weighted by Crippen LogP contribution is -2.41. The summed E-state index contributed by atoms with van der Waals surface area (Å²) in [6, 6.07) is 11.6. The van der Waals surface area contributed by atoms with Crippen LogP contribution in [0.1, 0.15) is 24.2 Å². The Kier molecular flexibility index (Phi) is 5.72. The SMILES string of the molecule is CC(NC(=O)C1CNc2c(-c3ccc(C(F)(F)I)cc3)cnn2C1)c1ccccn1. The van der Waals surface area contributed by atoms with Crippen LogP contribution in [0.4, 0.5) is 14.6 Å². The molecule has 0 radical (unpaired) electrons. The predicted molar refractivity (Wildman–Crippen MR) is 118 cm³/mol. The molecule has 9 heteroatoms. The maximum Gasteiger partial charge on any atom is 0.321 e. The molecule has 2 unspecified atom stereocenters. The first-order valence-corrected chi connectivity index (χ1v) is 10.6. The minimum atomic E-state index is -2.90. The Morgan fingerprint density at radius 2 is 2.07 bits per heavy atom. The molecule has 1 aromatic carbocycles. The first-order chi connectivity index (χ1) is 14.3. The number of hydrogen-bond acceptors (Lipinski definition) is 4. The standard InChI is InChI=1S/C21H20F2IN5O/c1-13(18-4-2-3-9-25-18)28-20(30)15-10-26-19-17(11-27-29(19)12-15)14-5-7-16(8-6-14)21(22,23)24/h2-9,11,13,15,26H,10,12H2,1H3,(H,28,30). The van der Waals surface area contributed by atoms with Crippen molar-refractivity contribution in [1.29, 1.82) is 0 Å². The summed E-state index contributed by atoms with van der Waals surface area (Å²) in [6.45, 7) is 2.80. The average Bonchev–Trinajstić information content (AvgIpc) is 3.17. The van der Waals surface area contributed by atoms with Gasteiger partial charge in [0.25, 0.3) is 0 Å². The molecule has 4 rings (SSSR count). The second-order valence-corrected chi connectivity index (χ2v) is 8.58. The number of fused-ring (bicyclic) bond motifs is 1. The lowest BCUT2D eigenvalue weighted by atomic mass is 10.0. The Labute approximate surface area is 186 Å². The van der Waals surface area contributed by atoms with Gasteiger partial charge in [0.05, 0.1) is 30.4 Å². The van der Waals surface area contributed by atoms with E-state index < -0.39 is 3.93 Å². The van der Waals surface area contributed by atoms with Gasteiger partial charge in [0.15, 0.2) is 0 Å². The summed E-state index contributed by atoms with van der Waals surface area (Å²) in [5, 5.41) is 10.7. The molecule has 3 heterocycles. The van der Waals surface area contributed by atoms with Crippen LogP contribution >= 0.6 is 22.6 Å². The van der Waals surface area contributed by atoms with Crippen LogP contribution < -0.4 is 10.6 Å². The Bertz CT molecular complexity index is 1030. The van der Waals surface area contributed by atoms with E-state index in [0.717, 1.165) is 45.2 Å². The molecule has 2 N–H and O–H groups in total. The van der Waals surface area contributed by atoms with E-state index >= 15 is 0 Å². The minimum Gasteiger partial charge on any atom is -0.369 e. The summed E-state index contributed by atoms with van der Waals surface area (Å²) >= 11 is 1.12. The molecule has 0 aliphatic carbocycles. The normalized spacial score (nSPS) is 17.0. The largest absolute Gasteiger partial charge is 0.369 e. The predicted octanol–water partition coefficient (Wildman–Crippen LogP) is 4.35. The van der Waals surface area contributed by atoms with Crippen LogP contribution in [0.25, 0.3) is 11.1 Å². The van der Waals surface area contributed by atoms with Gasteiger partial charge in [-0.2, -0.15) is 13.9 Å². The number of benzene rings is 1. The molecule has 3 aromatic rings. The number of anilines is 1. The third-order valence-electron chi connectivity index (χ3n) is 5.13. The molecule has 0 spiro atoms. The highest BCUT2D eigenvalue weighted by Gasteiger charge is 2.29. The van der Waals surface area contributed by atoms with Crippen LogP contribution in [-0.2, 0) is 15.3 Å². The van der Waals surface area contributed by atoms with E-state index in [1.165, 1.54) is 12.1 Å². The second kappa shape index (κ2) is 8.29. The minimum absolute atomic E-state index is 0.0420. The van der Waals surface area contributed by atoms with Crippen molar-refractivity contribution in [3.05, 3.63) is 66.1 Å². The third-order valence-corrected chi connectivity index (χ3v) is 5.76. The van der Waals surface area contributed by atoms with Crippen LogP contribution in [0.5, 0.6) is 0 Å². The maximum atomic E-state index is 13.4. The van der Waals surface area contributed by atoms with Crippen molar-refractivity contribution in [2.45, 2.75) is 23.4 Å². The zero-order valence-electron chi connectivity index (χ0n) is 16.1. The number of carbonyl (C=O) groups is 1. The number of carbonyl (C=O) groups excluding carboxylic acids is 1. The van der Waals surface area contributed by atoms with Crippen molar-refractivity contribution in [3.63, 3.8) is 0 Å². The highest BCUT2D eigenvalue weighted by atomic mass is 127. The van der Waals surface area contributed by atoms with Gasteiger partial charge < -0.3 is 10.6 Å². The smallest absolute Gasteiger partial charge is 0.321 e. The van der Waals surface area contributed by atoms with Crippen LogP contribution in [0, 0.1) is 5.92 Å². The number of hydrogen-bond donors (Lipinski definition) is 2. The lowest BCUT2D eigenvalue weighted by molar-refractivity contribution is -0.125. The molecule has 1 aliphatic rings. The molecule has 2 aromatic heterocycles. The number of aromatic nitrogens is 3. The van der Waals surface area contributed by atoms with Gasteiger partial charge in [-0.25, -0.2) is 4.68 Å². The summed E-state index contributed by atoms with van der Waals surface area (Å²) in [5.74, 6) is 0.430. The molecule has 2 atom stereocenters. The average molecular weight is 523 g/mol. The zero-order chi connectivity index (χ0) is 21.3. The van der Waals surface area contributed by atoms with Gasteiger partial charge in [-0.05, 0) is 24.6 Å². The van der Waals surface area contributed by atoms with Crippen molar-refractivity contribution >= 4 is 34.3 Å². The summed E-state index contributed by atoms with van der Waals surface area (Å²) in [4.78, 5) is 17.0. The van der Waals surface area contributed by atoms with Crippen LogP contribution in [0.3, 0.4) is 0 Å². The molecule has 1 amide bonds. The van der Waals surface area contributed by atoms with Crippen molar-refractivity contribution in [1.82, 2.24) is 20.1 Å². The fourth-order valence-electron chi connectivity index (χ4n) is 3.47. The Hall–Kier alpha value is -2.56. The highest BCUT2D eigenvalue weighted by molar-refractivity contribution is 14.1. The quantitative estimate of drug-likeness (QED) is 0.386. The van der Waals surface area contributed by atoms with Gasteiger partial charge >= 0.3 is 3.93 Å². The van der Waals surface area contributed by atoms with E-state index in [1.807, 2.05) is 25.1 Å². The second-order valence-electron chi connectivity index (χ2n) is 7.23. The number of rotatable bonds is 5. The van der Waals surface area contributed by atoms with Crippen molar-refractivity contribution in [2.75, 3.05) is 11.9 Å². The number of nitrogens with one attached hydrogen (secondary N) is 2. The first-order valence-electron chi connectivity index (χ1n) is 9.51. The van der Waals surface area contributed by atoms with Gasteiger partial charge in [-0.3, -0.25) is 9.78 Å². The lowest BCUT2D eigenvalue weighted by Gasteiger charge is -2.26. The molecule has 1 aliphatic heterocycles. The third kappa shape index (κ3) is 4.30. The molecule has 0 saturated heterocycles. The first kappa shape index (κ1) is 20.7. The molecular weight excluding hydrogens is 503 g/mol. The Balaban J connectivity index is 1.45. The van der Waals surface area contributed by atoms with E-state index in [1.54, 1.807) is 29.2 Å². The fraction of sp³-hybridized carbons (Fsp3) is 0.286. The Morgan fingerprint density at radius 1 is 1.30 bits per heavy atom. The molecule has 0 fully saturated rings. The van der Waals surface area contributed by atoms with Crippen LogP contribution in [0.2, 0.25) is 0 Å². The van der Waals surface area contributed by atoms with Crippen molar-refractivity contribution < 1.29 is 13.6 Å². The molecule has 0 saturated carbocycles. The van der Waals surface area contributed by atoms with E-state index in [9.17, 15) is 13.6 Å². The van der Waals surface area contributed by atoms with Gasteiger partial charge in [0.2, 0.25) is 5.91 Å². The van der Waals surface area contributed by atoms with E-state index in [0.29, 0.717) is 13.1 Å². The Morgan fingerprint density at radius 3 is 2.73 bits per heavy atom. The van der Waals surface area contributed by atoms with Gasteiger partial charge in [0.1, 0.15) is 5.82 Å². The van der Waals surface area contributed by atoms with Crippen LogP contribution in [0.15, 0.2) is 54.9 Å². The highest BCUT2D eigenvalue weighted by Crippen LogP contribution is 2.37. The number of halogens is 3. The number of nitrogens with zero attached hydrogens (tertiary/aromatic N) is 3. The summed E-state index contributed by atoms with van der Waals surface area (Å²) < 4.78 is 25.7. The summed E-state index contributed by atoms with van der Waals surface area (Å²) in [6.07, 6.45) is 3.39. The number of alkyl halides is 3. The molecule has 156 valence electrons. The summed E-state index contributed by atoms with van der Waals surface area (Å²) in [5.41, 5.74) is 2.37. The van der Waals surface area contributed by atoms with Crippen LogP contribution in [-0.4, -0.2) is 27.2 Å². The maximum absolute atomic E-state index is 13.4. The zero-order valence-corrected chi connectivity index (χ0v) is 18.3. The van der Waals surface area contributed by atoms with E-state index in [4.69, 9.17) is 0 Å². The van der Waals surface area contributed by atoms with E-state index in [2.05, 4.69) is 20.7 Å². The van der Waals surface area contributed by atoms with E-state index in [-0.39, 0.29) is 23.4 Å². The number of pyridine rings is 1. The molecule has 0 bridgehead atoms. The summed E-state index contributed by atoms with van der Waals surface area (Å²) in [7, 11) is 0. The monoisotopic (exact) mass is 523 g/mol. The fourth-order valence-corrected chi connectivity index (χ4v) is 3.83. The van der Waals surface area contributed by atoms with Gasteiger partial charge in [0, 0.05) is 46.5 Å².